The van der Waals surface area contributed by atoms with E-state index < -0.39 is 0 Å². The molecule has 4 heteroatoms. The molecule has 1 heterocycles. The zero-order valence-corrected chi connectivity index (χ0v) is 11.6. The van der Waals surface area contributed by atoms with Crippen molar-refractivity contribution in [3.63, 3.8) is 0 Å². The highest BCUT2D eigenvalue weighted by Gasteiger charge is 2.07. The third kappa shape index (κ3) is 2.44. The summed E-state index contributed by atoms with van der Waals surface area (Å²) in [4.78, 5) is 5.19. The molecule has 2 aromatic rings. The van der Waals surface area contributed by atoms with Crippen LogP contribution >= 0.6 is 27.3 Å². The number of hydrogen-bond donors (Lipinski definition) is 1. The number of halogens is 1. The van der Waals surface area contributed by atoms with Gasteiger partial charge in [0.25, 0.3) is 0 Å². The molecule has 2 N–H and O–H groups in total. The number of hydrogen-bond acceptors (Lipinski definition) is 3. The minimum atomic E-state index is 0.515. The van der Waals surface area contributed by atoms with Gasteiger partial charge in [-0.15, -0.1) is 0 Å². The summed E-state index contributed by atoms with van der Waals surface area (Å²) in [7, 11) is 0. The van der Waals surface area contributed by atoms with E-state index >= 15 is 0 Å². The van der Waals surface area contributed by atoms with Crippen molar-refractivity contribution < 1.29 is 0 Å². The van der Waals surface area contributed by atoms with E-state index in [4.69, 9.17) is 5.73 Å². The van der Waals surface area contributed by atoms with Crippen molar-refractivity contribution in [1.29, 1.82) is 0 Å². The van der Waals surface area contributed by atoms with Crippen LogP contribution in [0.1, 0.15) is 25.3 Å². The van der Waals surface area contributed by atoms with Gasteiger partial charge >= 0.3 is 0 Å². The minimum absolute atomic E-state index is 0.515. The third-order valence-corrected chi connectivity index (χ3v) is 3.73. The molecule has 0 aliphatic rings. The summed E-state index contributed by atoms with van der Waals surface area (Å²) in [6.45, 7) is 4.37. The number of nitrogens with two attached hydrogens (primary N) is 1. The molecule has 0 unspecified atom stereocenters. The van der Waals surface area contributed by atoms with Crippen LogP contribution < -0.4 is 5.73 Å². The maximum absolute atomic E-state index is 5.65. The number of nitrogens with zero attached hydrogens (tertiary/aromatic N) is 1. The molecule has 0 saturated heterocycles. The van der Waals surface area contributed by atoms with Crippen molar-refractivity contribution in [3.8, 4) is 10.4 Å². The predicted molar refractivity (Wildman–Crippen MR) is 73.8 cm³/mol. The van der Waals surface area contributed by atoms with Gasteiger partial charge < -0.3 is 5.73 Å². The summed E-state index contributed by atoms with van der Waals surface area (Å²) in [6.07, 6.45) is 1.83. The summed E-state index contributed by atoms with van der Waals surface area (Å²) < 4.78 is 1.10. The Bertz CT molecular complexity index is 505. The summed E-state index contributed by atoms with van der Waals surface area (Å²) in [5, 5.41) is 0.612. The average Bonchev–Trinajstić information content (AvgIpc) is 2.64. The van der Waals surface area contributed by atoms with E-state index in [0.29, 0.717) is 11.0 Å². The van der Waals surface area contributed by atoms with Gasteiger partial charge in [0.15, 0.2) is 5.13 Å². The standard InChI is InChI=1S/C12H13BrN2S/c1-7(2)8-3-9(5-10(13)4-8)11-6-15-12(14)16-11/h3-7H,1-2H3,(H2,14,15). The zero-order chi connectivity index (χ0) is 11.7. The Morgan fingerprint density at radius 1 is 1.31 bits per heavy atom. The van der Waals surface area contributed by atoms with Crippen LogP contribution in [0.25, 0.3) is 10.4 Å². The van der Waals surface area contributed by atoms with E-state index in [-0.39, 0.29) is 0 Å². The smallest absolute Gasteiger partial charge is 0.180 e. The Labute approximate surface area is 108 Å². The Morgan fingerprint density at radius 3 is 2.62 bits per heavy atom. The predicted octanol–water partition coefficient (Wildman–Crippen LogP) is 4.28. The van der Waals surface area contributed by atoms with Crippen molar-refractivity contribution in [2.45, 2.75) is 19.8 Å². The number of nitrogen functional groups attached to an aromatic ring is 1. The largest absolute Gasteiger partial charge is 0.375 e. The summed E-state index contributed by atoms with van der Waals surface area (Å²) >= 11 is 5.05. The lowest BCUT2D eigenvalue weighted by atomic mass is 10.0. The van der Waals surface area contributed by atoms with Gasteiger partial charge in [-0.2, -0.15) is 0 Å². The second-order valence-corrected chi connectivity index (χ2v) is 5.97. The molecule has 0 bridgehead atoms. The zero-order valence-electron chi connectivity index (χ0n) is 9.20. The number of benzene rings is 1. The molecule has 0 spiro atoms. The fourth-order valence-electron chi connectivity index (χ4n) is 1.51. The number of anilines is 1. The Balaban J connectivity index is 2.49. The van der Waals surface area contributed by atoms with Crippen LogP contribution in [0.4, 0.5) is 5.13 Å². The molecule has 84 valence electrons. The lowest BCUT2D eigenvalue weighted by Crippen LogP contribution is -1.88. The van der Waals surface area contributed by atoms with Gasteiger partial charge in [-0.1, -0.05) is 41.1 Å². The molecule has 0 fully saturated rings. The van der Waals surface area contributed by atoms with E-state index in [9.17, 15) is 0 Å². The van der Waals surface area contributed by atoms with Gasteiger partial charge in [0.1, 0.15) is 0 Å². The summed E-state index contributed by atoms with van der Waals surface area (Å²) in [6, 6.07) is 6.44. The normalized spacial score (nSPS) is 11.0. The van der Waals surface area contributed by atoms with Crippen LogP contribution in [-0.2, 0) is 0 Å². The van der Waals surface area contributed by atoms with Gasteiger partial charge in [0, 0.05) is 10.7 Å². The van der Waals surface area contributed by atoms with Crippen molar-refractivity contribution >= 4 is 32.4 Å². The quantitative estimate of drug-likeness (QED) is 0.898. The first-order valence-corrected chi connectivity index (χ1v) is 6.69. The molecule has 1 aromatic carbocycles. The number of rotatable bonds is 2. The average molecular weight is 297 g/mol. The Kier molecular flexibility index (Phi) is 3.30. The Hall–Kier alpha value is -0.870. The van der Waals surface area contributed by atoms with E-state index in [0.717, 1.165) is 9.35 Å². The van der Waals surface area contributed by atoms with Gasteiger partial charge in [0.2, 0.25) is 0 Å². The van der Waals surface area contributed by atoms with Crippen LogP contribution in [0, 0.1) is 0 Å². The lowest BCUT2D eigenvalue weighted by Gasteiger charge is -2.08. The first-order valence-electron chi connectivity index (χ1n) is 5.08. The van der Waals surface area contributed by atoms with Crippen LogP contribution in [-0.4, -0.2) is 4.98 Å². The van der Waals surface area contributed by atoms with E-state index in [1.54, 1.807) is 0 Å². The fourth-order valence-corrected chi connectivity index (χ4v) is 2.69. The molecular formula is C12H13BrN2S. The highest BCUT2D eigenvalue weighted by molar-refractivity contribution is 9.10. The monoisotopic (exact) mass is 296 g/mol. The first-order chi connectivity index (χ1) is 7.56. The third-order valence-electron chi connectivity index (χ3n) is 2.39. The van der Waals surface area contributed by atoms with Gasteiger partial charge in [-0.25, -0.2) is 4.98 Å². The van der Waals surface area contributed by atoms with Gasteiger partial charge in [0.05, 0.1) is 4.88 Å². The molecular weight excluding hydrogens is 284 g/mol. The highest BCUT2D eigenvalue weighted by atomic mass is 79.9. The molecule has 16 heavy (non-hydrogen) atoms. The van der Waals surface area contributed by atoms with Crippen LogP contribution in [0.15, 0.2) is 28.9 Å². The van der Waals surface area contributed by atoms with Gasteiger partial charge in [-0.3, -0.25) is 0 Å². The summed E-state index contributed by atoms with van der Waals surface area (Å²) in [5.74, 6) is 0.515. The topological polar surface area (TPSA) is 38.9 Å². The van der Waals surface area contributed by atoms with Crippen molar-refractivity contribution in [2.24, 2.45) is 0 Å². The van der Waals surface area contributed by atoms with E-state index in [1.165, 1.54) is 22.5 Å². The SMILES string of the molecule is CC(C)c1cc(Br)cc(-c2cnc(N)s2)c1. The van der Waals surface area contributed by atoms with E-state index in [2.05, 4.69) is 53.0 Å². The fraction of sp³-hybridized carbons (Fsp3) is 0.250. The van der Waals surface area contributed by atoms with Crippen LogP contribution in [0.5, 0.6) is 0 Å². The van der Waals surface area contributed by atoms with Crippen LogP contribution in [0.2, 0.25) is 0 Å². The maximum atomic E-state index is 5.65. The van der Waals surface area contributed by atoms with Crippen molar-refractivity contribution in [3.05, 3.63) is 34.4 Å². The lowest BCUT2D eigenvalue weighted by molar-refractivity contribution is 0.866. The Morgan fingerprint density at radius 2 is 2.06 bits per heavy atom. The molecule has 1 aromatic heterocycles. The van der Waals surface area contributed by atoms with Crippen LogP contribution in [0.3, 0.4) is 0 Å². The second kappa shape index (κ2) is 4.55. The first kappa shape index (κ1) is 11.6. The number of thiazole rings is 1. The molecule has 0 radical (unpaired) electrons. The molecule has 2 rings (SSSR count). The molecule has 0 atom stereocenters. The minimum Gasteiger partial charge on any atom is -0.375 e. The van der Waals surface area contributed by atoms with E-state index in [1.807, 2.05) is 6.20 Å². The van der Waals surface area contributed by atoms with Gasteiger partial charge in [-0.05, 0) is 35.2 Å². The molecule has 0 aliphatic heterocycles. The highest BCUT2D eigenvalue weighted by Crippen LogP contribution is 2.32. The molecule has 0 saturated carbocycles. The summed E-state index contributed by atoms with van der Waals surface area (Å²) in [5.41, 5.74) is 8.14. The molecule has 0 aliphatic carbocycles. The molecule has 2 nitrogen and oxygen atoms in total. The second-order valence-electron chi connectivity index (χ2n) is 3.99. The maximum Gasteiger partial charge on any atom is 0.180 e. The van der Waals surface area contributed by atoms with Crippen molar-refractivity contribution in [1.82, 2.24) is 4.98 Å². The number of aromatic nitrogens is 1. The van der Waals surface area contributed by atoms with Crippen molar-refractivity contribution in [2.75, 3.05) is 5.73 Å². The molecule has 0 amide bonds.